The Morgan fingerprint density at radius 1 is 1.13 bits per heavy atom. The lowest BCUT2D eigenvalue weighted by molar-refractivity contribution is -0.0504. The van der Waals surface area contributed by atoms with Gasteiger partial charge in [-0.2, -0.15) is 8.78 Å². The van der Waals surface area contributed by atoms with Crippen LogP contribution in [0, 0.1) is 6.92 Å². The lowest BCUT2D eigenvalue weighted by Crippen LogP contribution is -2.36. The molecule has 0 saturated heterocycles. The van der Waals surface area contributed by atoms with Crippen LogP contribution in [0.1, 0.15) is 16.7 Å². The van der Waals surface area contributed by atoms with E-state index in [2.05, 4.69) is 25.3 Å². The molecule has 7 nitrogen and oxygen atoms in total. The summed E-state index contributed by atoms with van der Waals surface area (Å²) in [7, 11) is 3.24. The van der Waals surface area contributed by atoms with Gasteiger partial charge in [0.25, 0.3) is 0 Å². The van der Waals surface area contributed by atoms with Crippen molar-refractivity contribution in [2.75, 3.05) is 27.4 Å². The first-order valence-corrected chi connectivity index (χ1v) is 9.07. The van der Waals surface area contributed by atoms with Crippen LogP contribution < -0.4 is 20.1 Å². The highest BCUT2D eigenvalue weighted by Crippen LogP contribution is 2.22. The Labute approximate surface area is 192 Å². The van der Waals surface area contributed by atoms with Gasteiger partial charge in [-0.25, -0.2) is 4.98 Å². The molecule has 10 heteroatoms. The van der Waals surface area contributed by atoms with Gasteiger partial charge in [0.15, 0.2) is 5.96 Å². The molecule has 166 valence electrons. The Hall–Kier alpha value is -2.21. The number of alkyl halides is 2. The average molecular weight is 536 g/mol. The van der Waals surface area contributed by atoms with Gasteiger partial charge in [-0.05, 0) is 18.6 Å². The predicted molar refractivity (Wildman–Crippen MR) is 122 cm³/mol. The number of methoxy groups -OCH3 is 1. The third-order valence-corrected chi connectivity index (χ3v) is 3.90. The van der Waals surface area contributed by atoms with E-state index in [9.17, 15) is 8.78 Å². The van der Waals surface area contributed by atoms with Crippen molar-refractivity contribution < 1.29 is 23.0 Å². The van der Waals surface area contributed by atoms with Gasteiger partial charge < -0.3 is 24.8 Å². The first-order valence-electron chi connectivity index (χ1n) is 9.07. The van der Waals surface area contributed by atoms with Crippen LogP contribution in [-0.2, 0) is 17.8 Å². The Morgan fingerprint density at radius 3 is 2.53 bits per heavy atom. The number of rotatable bonds is 10. The summed E-state index contributed by atoms with van der Waals surface area (Å²) in [6.07, 6.45) is 1.71. The van der Waals surface area contributed by atoms with Crippen LogP contribution >= 0.6 is 24.0 Å². The van der Waals surface area contributed by atoms with Gasteiger partial charge in [-0.15, -0.1) is 24.0 Å². The molecule has 1 aromatic heterocycles. The number of hydrogen-bond donors (Lipinski definition) is 2. The normalized spacial score (nSPS) is 11.1. The summed E-state index contributed by atoms with van der Waals surface area (Å²) in [6, 6.07) is 8.74. The summed E-state index contributed by atoms with van der Waals surface area (Å²) in [5.41, 5.74) is 2.50. The summed E-state index contributed by atoms with van der Waals surface area (Å²) >= 11 is 0. The van der Waals surface area contributed by atoms with Gasteiger partial charge in [0.05, 0.1) is 6.61 Å². The van der Waals surface area contributed by atoms with E-state index in [-0.39, 0.29) is 36.3 Å². The van der Waals surface area contributed by atoms with E-state index in [1.165, 1.54) is 6.07 Å². The van der Waals surface area contributed by atoms with Gasteiger partial charge in [-0.3, -0.25) is 4.99 Å². The molecule has 2 aromatic rings. The highest BCUT2D eigenvalue weighted by atomic mass is 127. The molecule has 0 fully saturated rings. The number of nitrogens with zero attached hydrogens (tertiary/aromatic N) is 2. The number of ether oxygens (including phenoxy) is 3. The first kappa shape index (κ1) is 25.8. The maximum absolute atomic E-state index is 12.6. The molecule has 0 radical (unpaired) electrons. The Morgan fingerprint density at radius 2 is 1.90 bits per heavy atom. The zero-order valence-corrected chi connectivity index (χ0v) is 19.5. The molecule has 1 aromatic carbocycles. The van der Waals surface area contributed by atoms with Crippen molar-refractivity contribution in [1.29, 1.82) is 0 Å². The number of benzene rings is 1. The summed E-state index contributed by atoms with van der Waals surface area (Å²) in [5, 5.41) is 6.25. The maximum Gasteiger partial charge on any atom is 0.387 e. The molecule has 0 aliphatic rings. The van der Waals surface area contributed by atoms with Crippen LogP contribution in [0.2, 0.25) is 0 Å². The van der Waals surface area contributed by atoms with E-state index in [0.29, 0.717) is 37.2 Å². The van der Waals surface area contributed by atoms with E-state index < -0.39 is 6.61 Å². The van der Waals surface area contributed by atoms with Crippen LogP contribution in [0.4, 0.5) is 8.78 Å². The van der Waals surface area contributed by atoms with Crippen molar-refractivity contribution >= 4 is 29.9 Å². The number of guanidine groups is 1. The second-order valence-electron chi connectivity index (χ2n) is 6.11. The monoisotopic (exact) mass is 536 g/mol. The lowest BCUT2D eigenvalue weighted by Gasteiger charge is -2.15. The molecule has 0 aliphatic carbocycles. The second-order valence-corrected chi connectivity index (χ2v) is 6.11. The van der Waals surface area contributed by atoms with Crippen LogP contribution in [0.5, 0.6) is 11.6 Å². The van der Waals surface area contributed by atoms with Crippen LogP contribution in [0.15, 0.2) is 41.5 Å². The van der Waals surface area contributed by atoms with Gasteiger partial charge in [0, 0.05) is 45.1 Å². The van der Waals surface area contributed by atoms with Crippen molar-refractivity contribution in [2.45, 2.75) is 26.6 Å². The molecular weight excluding hydrogens is 509 g/mol. The molecule has 0 saturated carbocycles. The summed E-state index contributed by atoms with van der Waals surface area (Å²) in [4.78, 5) is 8.38. The van der Waals surface area contributed by atoms with Crippen LogP contribution in [0.3, 0.4) is 0 Å². The SMILES string of the molecule is CN=C(NCc1ccc(OCCOC)nc1)NCc1cc(C)ccc1OC(F)F.I. The van der Waals surface area contributed by atoms with E-state index in [0.717, 1.165) is 11.1 Å². The quantitative estimate of drug-likeness (QED) is 0.210. The molecule has 30 heavy (non-hydrogen) atoms. The second kappa shape index (κ2) is 13.9. The lowest BCUT2D eigenvalue weighted by atomic mass is 10.1. The van der Waals surface area contributed by atoms with Crippen molar-refractivity contribution in [3.05, 3.63) is 53.2 Å². The number of aliphatic imine (C=N–C) groups is 1. The number of aryl methyl sites for hydroxylation is 1. The predicted octanol–water partition coefficient (Wildman–Crippen LogP) is 3.50. The fraction of sp³-hybridized carbons (Fsp3) is 0.400. The average Bonchev–Trinajstić information content (AvgIpc) is 2.71. The van der Waals surface area contributed by atoms with E-state index >= 15 is 0 Å². The maximum atomic E-state index is 12.6. The zero-order chi connectivity index (χ0) is 21.1. The van der Waals surface area contributed by atoms with E-state index in [1.807, 2.05) is 13.0 Å². The van der Waals surface area contributed by atoms with Crippen molar-refractivity contribution in [3.8, 4) is 11.6 Å². The first-order chi connectivity index (χ1) is 14.0. The van der Waals surface area contributed by atoms with Crippen LogP contribution in [-0.4, -0.2) is 44.9 Å². The minimum absolute atomic E-state index is 0. The summed E-state index contributed by atoms with van der Waals surface area (Å²) in [5.74, 6) is 1.19. The number of aromatic nitrogens is 1. The molecule has 0 aliphatic heterocycles. The molecule has 0 unspecified atom stereocenters. The fourth-order valence-corrected chi connectivity index (χ4v) is 2.47. The van der Waals surface area contributed by atoms with Crippen molar-refractivity contribution in [1.82, 2.24) is 15.6 Å². The highest BCUT2D eigenvalue weighted by Gasteiger charge is 2.10. The number of halogens is 3. The summed E-state index contributed by atoms with van der Waals surface area (Å²) < 4.78 is 40.1. The van der Waals surface area contributed by atoms with Gasteiger partial charge in [0.2, 0.25) is 5.88 Å². The number of hydrogen-bond acceptors (Lipinski definition) is 5. The minimum atomic E-state index is -2.87. The van der Waals surface area contributed by atoms with Gasteiger partial charge in [0.1, 0.15) is 12.4 Å². The highest BCUT2D eigenvalue weighted by molar-refractivity contribution is 14.0. The largest absolute Gasteiger partial charge is 0.475 e. The topological polar surface area (TPSA) is 77.0 Å². The third-order valence-electron chi connectivity index (χ3n) is 3.90. The Kier molecular flexibility index (Phi) is 12.0. The zero-order valence-electron chi connectivity index (χ0n) is 17.2. The third kappa shape index (κ3) is 9.08. The Balaban J connectivity index is 0.00000450. The molecule has 0 atom stereocenters. The molecule has 2 N–H and O–H groups in total. The molecule has 1 heterocycles. The number of pyridine rings is 1. The molecule has 0 spiro atoms. The van der Waals surface area contributed by atoms with Crippen molar-refractivity contribution in [3.63, 3.8) is 0 Å². The van der Waals surface area contributed by atoms with Crippen LogP contribution in [0.25, 0.3) is 0 Å². The molecule has 0 bridgehead atoms. The summed E-state index contributed by atoms with van der Waals surface area (Å²) in [6.45, 7) is 0.722. The fourth-order valence-electron chi connectivity index (χ4n) is 2.47. The molecule has 2 rings (SSSR count). The van der Waals surface area contributed by atoms with Gasteiger partial charge >= 0.3 is 6.61 Å². The smallest absolute Gasteiger partial charge is 0.387 e. The number of nitrogens with one attached hydrogen (secondary N) is 2. The van der Waals surface area contributed by atoms with Gasteiger partial charge in [-0.1, -0.05) is 23.8 Å². The van der Waals surface area contributed by atoms with E-state index in [4.69, 9.17) is 9.47 Å². The minimum Gasteiger partial charge on any atom is -0.475 e. The van der Waals surface area contributed by atoms with Crippen molar-refractivity contribution in [2.24, 2.45) is 4.99 Å². The van der Waals surface area contributed by atoms with E-state index in [1.54, 1.807) is 38.6 Å². The molecule has 0 amide bonds. The Bertz CT molecular complexity index is 792. The standard InChI is InChI=1S/C20H26F2N4O3.HI/c1-14-4-6-17(29-19(21)22)16(10-14)13-26-20(23-2)25-12-15-5-7-18(24-11-15)28-9-8-27-3;/h4-7,10-11,19H,8-9,12-13H2,1-3H3,(H2,23,25,26);1H. The molecular formula is C20H27F2IN4O3.